The van der Waals surface area contributed by atoms with E-state index in [1.54, 1.807) is 0 Å². The van der Waals surface area contributed by atoms with Crippen LogP contribution >= 0.6 is 0 Å². The van der Waals surface area contributed by atoms with E-state index in [-0.39, 0.29) is 5.57 Å². The molecule has 0 fully saturated rings. The molecule has 82 valence electrons. The van der Waals surface area contributed by atoms with E-state index in [1.165, 1.54) is 0 Å². The SMILES string of the molecule is CC(=O)/C(=C\C=C(/O)C(=O)O)CC(=O)O. The largest absolute Gasteiger partial charge is 0.502 e. The maximum Gasteiger partial charge on any atom is 0.370 e. The van der Waals surface area contributed by atoms with Crippen LogP contribution < -0.4 is 0 Å². The molecule has 0 amide bonds. The number of hydrogen-bond acceptors (Lipinski definition) is 4. The van der Waals surface area contributed by atoms with Crippen LogP contribution in [0.4, 0.5) is 0 Å². The summed E-state index contributed by atoms with van der Waals surface area (Å²) in [5.41, 5.74) is -0.0877. The highest BCUT2D eigenvalue weighted by Gasteiger charge is 2.08. The number of carbonyl (C=O) groups excluding carboxylic acids is 1. The number of allylic oxidation sites excluding steroid dienone is 2. The molecule has 0 aromatic heterocycles. The second-order valence-corrected chi connectivity index (χ2v) is 2.68. The first-order chi connectivity index (χ1) is 6.84. The van der Waals surface area contributed by atoms with Gasteiger partial charge >= 0.3 is 11.9 Å². The van der Waals surface area contributed by atoms with Gasteiger partial charge in [0, 0.05) is 5.57 Å². The topological polar surface area (TPSA) is 112 Å². The maximum absolute atomic E-state index is 10.9. The van der Waals surface area contributed by atoms with Crippen LogP contribution in [0, 0.1) is 0 Å². The van der Waals surface area contributed by atoms with Crippen molar-refractivity contribution in [3.63, 3.8) is 0 Å². The van der Waals surface area contributed by atoms with Crippen molar-refractivity contribution in [2.24, 2.45) is 0 Å². The van der Waals surface area contributed by atoms with E-state index in [0.29, 0.717) is 0 Å². The molecule has 0 aliphatic carbocycles. The van der Waals surface area contributed by atoms with E-state index in [2.05, 4.69) is 0 Å². The van der Waals surface area contributed by atoms with E-state index in [4.69, 9.17) is 15.3 Å². The quantitative estimate of drug-likeness (QED) is 0.349. The molecular formula is C9H10O6. The molecule has 0 bridgehead atoms. The van der Waals surface area contributed by atoms with Crippen LogP contribution in [0.15, 0.2) is 23.5 Å². The Morgan fingerprint density at radius 1 is 1.07 bits per heavy atom. The van der Waals surface area contributed by atoms with Gasteiger partial charge in [0.25, 0.3) is 0 Å². The molecule has 0 atom stereocenters. The van der Waals surface area contributed by atoms with Crippen molar-refractivity contribution < 1.29 is 29.7 Å². The van der Waals surface area contributed by atoms with Crippen molar-refractivity contribution >= 4 is 17.7 Å². The van der Waals surface area contributed by atoms with E-state index >= 15 is 0 Å². The number of ketones is 1. The lowest BCUT2D eigenvalue weighted by Gasteiger charge is -1.97. The zero-order valence-corrected chi connectivity index (χ0v) is 7.93. The van der Waals surface area contributed by atoms with Gasteiger partial charge in [-0.1, -0.05) is 6.08 Å². The minimum absolute atomic E-state index is 0.0877. The van der Waals surface area contributed by atoms with Crippen LogP contribution in [0.25, 0.3) is 0 Å². The zero-order chi connectivity index (χ0) is 12.0. The van der Waals surface area contributed by atoms with Crippen LogP contribution in [0.3, 0.4) is 0 Å². The van der Waals surface area contributed by atoms with Crippen molar-refractivity contribution in [3.8, 4) is 0 Å². The number of aliphatic hydroxyl groups excluding tert-OH is 1. The first kappa shape index (κ1) is 12.9. The summed E-state index contributed by atoms with van der Waals surface area (Å²) in [4.78, 5) is 31.3. The number of Topliss-reactive ketones (excluding diaryl/α,β-unsaturated/α-hetero) is 1. The summed E-state index contributed by atoms with van der Waals surface area (Å²) >= 11 is 0. The Bertz CT molecular complexity index is 350. The summed E-state index contributed by atoms with van der Waals surface area (Å²) in [6.07, 6.45) is 1.22. The number of aliphatic hydroxyl groups is 1. The molecule has 3 N–H and O–H groups in total. The Balaban J connectivity index is 4.85. The molecule has 0 saturated heterocycles. The van der Waals surface area contributed by atoms with Crippen LogP contribution in [-0.2, 0) is 14.4 Å². The number of hydrogen-bond donors (Lipinski definition) is 3. The summed E-state index contributed by atoms with van der Waals surface area (Å²) in [6, 6.07) is 0. The number of carbonyl (C=O) groups is 3. The van der Waals surface area contributed by atoms with Crippen molar-refractivity contribution in [2.75, 3.05) is 0 Å². The Hall–Kier alpha value is -2.11. The van der Waals surface area contributed by atoms with Gasteiger partial charge in [-0.25, -0.2) is 4.79 Å². The molecule has 6 nitrogen and oxygen atoms in total. The fourth-order valence-corrected chi connectivity index (χ4v) is 0.714. The average Bonchev–Trinajstić information content (AvgIpc) is 2.10. The lowest BCUT2D eigenvalue weighted by atomic mass is 10.1. The third-order valence-corrected chi connectivity index (χ3v) is 1.46. The predicted molar refractivity (Wildman–Crippen MR) is 49.4 cm³/mol. The van der Waals surface area contributed by atoms with Crippen LogP contribution in [0.1, 0.15) is 13.3 Å². The first-order valence-electron chi connectivity index (χ1n) is 3.90. The Kier molecular flexibility index (Phi) is 4.80. The van der Waals surface area contributed by atoms with E-state index in [0.717, 1.165) is 19.1 Å². The highest BCUT2D eigenvalue weighted by Crippen LogP contribution is 2.04. The minimum Gasteiger partial charge on any atom is -0.502 e. The molecule has 0 spiro atoms. The molecule has 0 radical (unpaired) electrons. The van der Waals surface area contributed by atoms with Gasteiger partial charge in [-0.05, 0) is 13.0 Å². The molecular weight excluding hydrogens is 204 g/mol. The highest BCUT2D eigenvalue weighted by molar-refractivity contribution is 5.97. The molecule has 0 aliphatic rings. The standard InChI is InChI=1S/C9H10O6/c1-5(10)6(4-8(12)13)2-3-7(11)9(14)15/h2-3,11H,4H2,1H3,(H,12,13)(H,14,15)/b6-2-,7-3-. The molecule has 15 heavy (non-hydrogen) atoms. The van der Waals surface area contributed by atoms with Crippen molar-refractivity contribution in [1.82, 2.24) is 0 Å². The average molecular weight is 214 g/mol. The molecule has 0 aromatic rings. The second kappa shape index (κ2) is 5.58. The van der Waals surface area contributed by atoms with Gasteiger partial charge in [-0.2, -0.15) is 0 Å². The number of aliphatic carboxylic acids is 2. The molecule has 0 aliphatic heterocycles. The lowest BCUT2D eigenvalue weighted by molar-refractivity contribution is -0.137. The Labute approximate surface area is 85.1 Å². The third kappa shape index (κ3) is 5.25. The Morgan fingerprint density at radius 3 is 1.93 bits per heavy atom. The fraction of sp³-hybridized carbons (Fsp3) is 0.222. The van der Waals surface area contributed by atoms with Gasteiger partial charge in [0.1, 0.15) is 0 Å². The summed E-state index contributed by atoms with van der Waals surface area (Å²) in [5, 5.41) is 25.4. The summed E-state index contributed by atoms with van der Waals surface area (Å²) in [7, 11) is 0. The maximum atomic E-state index is 10.9. The zero-order valence-electron chi connectivity index (χ0n) is 7.93. The highest BCUT2D eigenvalue weighted by atomic mass is 16.4. The van der Waals surface area contributed by atoms with Crippen LogP contribution in [-0.4, -0.2) is 33.0 Å². The van der Waals surface area contributed by atoms with Crippen LogP contribution in [0.2, 0.25) is 0 Å². The first-order valence-corrected chi connectivity index (χ1v) is 3.90. The molecule has 0 heterocycles. The molecule has 0 aromatic carbocycles. The van der Waals surface area contributed by atoms with Gasteiger partial charge in [-0.3, -0.25) is 9.59 Å². The van der Waals surface area contributed by atoms with Crippen molar-refractivity contribution in [2.45, 2.75) is 13.3 Å². The van der Waals surface area contributed by atoms with Gasteiger partial charge in [-0.15, -0.1) is 0 Å². The summed E-state index contributed by atoms with van der Waals surface area (Å²) in [6.45, 7) is 1.15. The summed E-state index contributed by atoms with van der Waals surface area (Å²) < 4.78 is 0. The van der Waals surface area contributed by atoms with Gasteiger partial charge in [0.05, 0.1) is 6.42 Å². The fourth-order valence-electron chi connectivity index (χ4n) is 0.714. The predicted octanol–water partition coefficient (Wildman–Crippen LogP) is 0.503. The van der Waals surface area contributed by atoms with Crippen LogP contribution in [0.5, 0.6) is 0 Å². The van der Waals surface area contributed by atoms with Gasteiger partial charge in [0.15, 0.2) is 5.78 Å². The Morgan fingerprint density at radius 2 is 1.60 bits per heavy atom. The van der Waals surface area contributed by atoms with E-state index in [1.807, 2.05) is 0 Å². The number of rotatable bonds is 5. The van der Waals surface area contributed by atoms with Gasteiger partial charge < -0.3 is 15.3 Å². The smallest absolute Gasteiger partial charge is 0.370 e. The number of carboxylic acids is 2. The van der Waals surface area contributed by atoms with Gasteiger partial charge in [0.2, 0.25) is 5.76 Å². The molecule has 0 saturated carbocycles. The monoisotopic (exact) mass is 214 g/mol. The molecule has 0 unspecified atom stereocenters. The van der Waals surface area contributed by atoms with E-state index in [9.17, 15) is 14.4 Å². The lowest BCUT2D eigenvalue weighted by Crippen LogP contribution is -2.04. The number of carboxylic acid groups (broad SMARTS) is 2. The second-order valence-electron chi connectivity index (χ2n) is 2.68. The van der Waals surface area contributed by atoms with E-state index < -0.39 is 29.9 Å². The molecule has 0 rings (SSSR count). The van der Waals surface area contributed by atoms with Crippen molar-refractivity contribution in [3.05, 3.63) is 23.5 Å². The minimum atomic E-state index is -1.55. The molecule has 6 heteroatoms. The normalized spacial score (nSPS) is 12.3. The summed E-state index contributed by atoms with van der Waals surface area (Å²) in [5.74, 6) is -4.21. The third-order valence-electron chi connectivity index (χ3n) is 1.46. The van der Waals surface area contributed by atoms with Crippen molar-refractivity contribution in [1.29, 1.82) is 0 Å².